The molecule has 4 heteroatoms. The number of nitriles is 1. The van der Waals surface area contributed by atoms with Crippen LogP contribution in [0, 0.1) is 11.3 Å². The average Bonchev–Trinajstić information content (AvgIpc) is 2.27. The van der Waals surface area contributed by atoms with Crippen molar-refractivity contribution >= 4 is 17.3 Å². The summed E-state index contributed by atoms with van der Waals surface area (Å²) in [7, 11) is 0. The molecule has 0 unspecified atom stereocenters. The van der Waals surface area contributed by atoms with E-state index in [0.717, 1.165) is 5.69 Å². The van der Waals surface area contributed by atoms with Crippen molar-refractivity contribution in [1.29, 1.82) is 5.26 Å². The van der Waals surface area contributed by atoms with E-state index in [0.29, 0.717) is 23.7 Å². The zero-order valence-electron chi connectivity index (χ0n) is 10.4. The van der Waals surface area contributed by atoms with Crippen molar-refractivity contribution in [2.45, 2.75) is 26.4 Å². The van der Waals surface area contributed by atoms with Gasteiger partial charge in [-0.2, -0.15) is 5.26 Å². The molecule has 0 fully saturated rings. The molecule has 1 aromatic rings. The monoisotopic (exact) mass is 252 g/mol. The van der Waals surface area contributed by atoms with E-state index in [1.54, 1.807) is 12.1 Å². The topological polar surface area (TPSA) is 45.0 Å². The highest BCUT2D eigenvalue weighted by atomic mass is 35.5. The molecule has 0 atom stereocenters. The van der Waals surface area contributed by atoms with Crippen LogP contribution in [0.4, 0.5) is 5.69 Å². The Bertz CT molecular complexity index is 424. The Balaban J connectivity index is 2.67. The first-order chi connectivity index (χ1) is 7.98. The van der Waals surface area contributed by atoms with Gasteiger partial charge in [0.2, 0.25) is 0 Å². The van der Waals surface area contributed by atoms with Gasteiger partial charge in [-0.15, -0.1) is 0 Å². The molecular weight excluding hydrogens is 236 g/mol. The van der Waals surface area contributed by atoms with Crippen LogP contribution in [0.5, 0.6) is 0 Å². The van der Waals surface area contributed by atoms with E-state index in [2.05, 4.69) is 11.4 Å². The van der Waals surface area contributed by atoms with Crippen LogP contribution in [-0.4, -0.2) is 18.8 Å². The number of nitrogens with zero attached hydrogens (tertiary/aromatic N) is 1. The molecule has 0 aliphatic heterocycles. The van der Waals surface area contributed by atoms with E-state index in [1.807, 2.05) is 26.8 Å². The molecule has 0 aromatic heterocycles. The van der Waals surface area contributed by atoms with E-state index in [1.165, 1.54) is 0 Å². The minimum Gasteiger partial charge on any atom is -0.381 e. The smallest absolute Gasteiger partial charge is 0.0992 e. The fourth-order valence-electron chi connectivity index (χ4n) is 1.48. The molecule has 1 N–H and O–H groups in total. The maximum absolute atomic E-state index is 8.73. The van der Waals surface area contributed by atoms with Crippen LogP contribution in [-0.2, 0) is 4.74 Å². The van der Waals surface area contributed by atoms with Gasteiger partial charge in [-0.05, 0) is 39.0 Å². The molecule has 0 aliphatic rings. The SMILES string of the molecule is CCOC(C)(C)CNc1ccc(C#N)cc1Cl. The number of rotatable bonds is 5. The predicted molar refractivity (Wildman–Crippen MR) is 70.4 cm³/mol. The van der Waals surface area contributed by atoms with Crippen LogP contribution in [0.1, 0.15) is 26.3 Å². The fourth-order valence-corrected chi connectivity index (χ4v) is 1.73. The molecule has 0 radical (unpaired) electrons. The molecule has 0 saturated heterocycles. The third-order valence-corrected chi connectivity index (χ3v) is 2.65. The number of nitrogens with one attached hydrogen (secondary N) is 1. The minimum atomic E-state index is -0.244. The highest BCUT2D eigenvalue weighted by Crippen LogP contribution is 2.23. The molecule has 0 heterocycles. The summed E-state index contributed by atoms with van der Waals surface area (Å²) in [6.45, 7) is 7.33. The zero-order valence-corrected chi connectivity index (χ0v) is 11.1. The fraction of sp³-hybridized carbons (Fsp3) is 0.462. The summed E-state index contributed by atoms with van der Waals surface area (Å²) in [5.41, 5.74) is 1.13. The Morgan fingerprint density at radius 1 is 1.47 bits per heavy atom. The molecule has 0 saturated carbocycles. The summed E-state index contributed by atoms with van der Waals surface area (Å²) in [6.07, 6.45) is 0. The van der Waals surface area contributed by atoms with Crippen LogP contribution in [0.2, 0.25) is 5.02 Å². The number of anilines is 1. The molecule has 0 bridgehead atoms. The van der Waals surface area contributed by atoms with Crippen molar-refractivity contribution in [2.24, 2.45) is 0 Å². The Labute approximate surface area is 107 Å². The predicted octanol–water partition coefficient (Wildman–Crippen LogP) is 3.44. The van der Waals surface area contributed by atoms with E-state index in [9.17, 15) is 0 Å². The van der Waals surface area contributed by atoms with Crippen molar-refractivity contribution in [3.63, 3.8) is 0 Å². The van der Waals surface area contributed by atoms with Gasteiger partial charge < -0.3 is 10.1 Å². The number of benzene rings is 1. The molecule has 17 heavy (non-hydrogen) atoms. The largest absolute Gasteiger partial charge is 0.381 e. The van der Waals surface area contributed by atoms with Gasteiger partial charge in [0.1, 0.15) is 0 Å². The zero-order chi connectivity index (χ0) is 12.9. The van der Waals surface area contributed by atoms with Crippen molar-refractivity contribution in [2.75, 3.05) is 18.5 Å². The van der Waals surface area contributed by atoms with E-state index in [4.69, 9.17) is 21.6 Å². The Morgan fingerprint density at radius 3 is 2.71 bits per heavy atom. The van der Waals surface area contributed by atoms with Gasteiger partial charge in [-0.3, -0.25) is 0 Å². The maximum atomic E-state index is 8.73. The lowest BCUT2D eigenvalue weighted by atomic mass is 10.1. The lowest BCUT2D eigenvalue weighted by Gasteiger charge is -2.25. The second kappa shape index (κ2) is 5.90. The second-order valence-corrected chi connectivity index (χ2v) is 4.76. The van der Waals surface area contributed by atoms with E-state index < -0.39 is 0 Å². The molecule has 92 valence electrons. The van der Waals surface area contributed by atoms with Crippen molar-refractivity contribution in [1.82, 2.24) is 0 Å². The highest BCUT2D eigenvalue weighted by molar-refractivity contribution is 6.33. The molecule has 1 aromatic carbocycles. The van der Waals surface area contributed by atoms with E-state index in [-0.39, 0.29) is 5.60 Å². The normalized spacial score (nSPS) is 11.0. The van der Waals surface area contributed by atoms with Crippen LogP contribution in [0.25, 0.3) is 0 Å². The highest BCUT2D eigenvalue weighted by Gasteiger charge is 2.17. The Kier molecular flexibility index (Phi) is 4.80. The van der Waals surface area contributed by atoms with E-state index >= 15 is 0 Å². The lowest BCUT2D eigenvalue weighted by molar-refractivity contribution is 0.000701. The van der Waals surface area contributed by atoms with Crippen LogP contribution < -0.4 is 5.32 Å². The van der Waals surface area contributed by atoms with Crippen molar-refractivity contribution < 1.29 is 4.74 Å². The molecule has 0 amide bonds. The van der Waals surface area contributed by atoms with Gasteiger partial charge in [-0.25, -0.2) is 0 Å². The number of hydrogen-bond donors (Lipinski definition) is 1. The van der Waals surface area contributed by atoms with Crippen molar-refractivity contribution in [3.8, 4) is 6.07 Å². The molecule has 0 spiro atoms. The van der Waals surface area contributed by atoms with Gasteiger partial charge >= 0.3 is 0 Å². The molecule has 1 rings (SSSR count). The standard InChI is InChI=1S/C13H17ClN2O/c1-4-17-13(2,3)9-16-12-6-5-10(8-15)7-11(12)14/h5-7,16H,4,9H2,1-3H3. The maximum Gasteiger partial charge on any atom is 0.0992 e. The Hall–Kier alpha value is -1.24. The minimum absolute atomic E-state index is 0.244. The summed E-state index contributed by atoms with van der Waals surface area (Å²) in [5.74, 6) is 0. The third-order valence-electron chi connectivity index (χ3n) is 2.34. The first-order valence-corrected chi connectivity index (χ1v) is 5.94. The average molecular weight is 253 g/mol. The van der Waals surface area contributed by atoms with Gasteiger partial charge in [0.05, 0.1) is 27.9 Å². The molecule has 3 nitrogen and oxygen atoms in total. The van der Waals surface area contributed by atoms with Crippen LogP contribution in [0.3, 0.4) is 0 Å². The summed E-state index contributed by atoms with van der Waals surface area (Å²) < 4.78 is 5.58. The number of ether oxygens (including phenoxy) is 1. The third kappa shape index (κ3) is 4.26. The summed E-state index contributed by atoms with van der Waals surface area (Å²) in [4.78, 5) is 0. The van der Waals surface area contributed by atoms with Gasteiger partial charge in [-0.1, -0.05) is 11.6 Å². The summed E-state index contributed by atoms with van der Waals surface area (Å²) in [5, 5.41) is 12.5. The summed E-state index contributed by atoms with van der Waals surface area (Å²) >= 11 is 6.06. The number of hydrogen-bond acceptors (Lipinski definition) is 3. The van der Waals surface area contributed by atoms with Crippen LogP contribution in [0.15, 0.2) is 18.2 Å². The van der Waals surface area contributed by atoms with Gasteiger partial charge in [0.25, 0.3) is 0 Å². The van der Waals surface area contributed by atoms with Gasteiger partial charge in [0, 0.05) is 13.2 Å². The second-order valence-electron chi connectivity index (χ2n) is 4.35. The quantitative estimate of drug-likeness (QED) is 0.873. The first-order valence-electron chi connectivity index (χ1n) is 5.56. The molecular formula is C13H17ClN2O. The summed E-state index contributed by atoms with van der Waals surface area (Å²) in [6, 6.07) is 7.25. The lowest BCUT2D eigenvalue weighted by Crippen LogP contribution is -2.33. The van der Waals surface area contributed by atoms with Gasteiger partial charge in [0.15, 0.2) is 0 Å². The Morgan fingerprint density at radius 2 is 2.18 bits per heavy atom. The number of halogens is 1. The van der Waals surface area contributed by atoms with Crippen LogP contribution >= 0.6 is 11.6 Å². The molecule has 0 aliphatic carbocycles. The first kappa shape index (κ1) is 13.8. The van der Waals surface area contributed by atoms with Crippen molar-refractivity contribution in [3.05, 3.63) is 28.8 Å².